The number of fused-ring (bicyclic) bond motifs is 1. The lowest BCUT2D eigenvalue weighted by atomic mass is 10.3. The highest BCUT2D eigenvalue weighted by molar-refractivity contribution is 7.20. The minimum atomic E-state index is -1.19. The molecule has 0 aliphatic carbocycles. The average molecular weight is 390 g/mol. The van der Waals surface area contributed by atoms with Crippen LogP contribution in [0, 0.1) is 12.7 Å². The van der Waals surface area contributed by atoms with Gasteiger partial charge in [0.25, 0.3) is 5.91 Å². The number of rotatable bonds is 4. The van der Waals surface area contributed by atoms with E-state index in [4.69, 9.17) is 10.5 Å². The predicted molar refractivity (Wildman–Crippen MR) is 96.2 cm³/mol. The third-order valence-electron chi connectivity index (χ3n) is 3.72. The van der Waals surface area contributed by atoms with Gasteiger partial charge in [0.2, 0.25) is 0 Å². The van der Waals surface area contributed by atoms with Crippen molar-refractivity contribution in [2.75, 3.05) is 0 Å². The summed E-state index contributed by atoms with van der Waals surface area (Å²) in [4.78, 5) is 35.6. The maximum Gasteiger partial charge on any atom is 0.349 e. The number of benzene rings is 1. The summed E-state index contributed by atoms with van der Waals surface area (Å²) >= 11 is 1.13. The molecule has 0 fully saturated rings. The molecule has 140 valence electrons. The summed E-state index contributed by atoms with van der Waals surface area (Å²) in [6.07, 6.45) is -1.19. The molecular formula is C17H15FN4O4S. The van der Waals surface area contributed by atoms with E-state index in [0.29, 0.717) is 16.2 Å². The average Bonchev–Trinajstić information content (AvgIpc) is 3.16. The van der Waals surface area contributed by atoms with Gasteiger partial charge in [0.05, 0.1) is 11.4 Å². The largest absolute Gasteiger partial charge is 0.448 e. The van der Waals surface area contributed by atoms with E-state index in [1.165, 1.54) is 19.1 Å². The second-order valence-electron chi connectivity index (χ2n) is 5.70. The maximum absolute atomic E-state index is 13.1. The number of nitrogens with one attached hydrogen (secondary N) is 1. The molecule has 1 atom stereocenters. The van der Waals surface area contributed by atoms with Crippen molar-refractivity contribution in [3.63, 3.8) is 0 Å². The number of thiophene rings is 1. The third kappa shape index (κ3) is 3.80. The Kier molecular flexibility index (Phi) is 4.91. The smallest absolute Gasteiger partial charge is 0.349 e. The van der Waals surface area contributed by atoms with Crippen molar-refractivity contribution in [1.29, 1.82) is 0 Å². The molecule has 10 heteroatoms. The summed E-state index contributed by atoms with van der Waals surface area (Å²) in [6.45, 7) is 3.11. The molecule has 0 saturated heterocycles. The number of aryl methyl sites for hydroxylation is 1. The minimum Gasteiger partial charge on any atom is -0.448 e. The Hall–Kier alpha value is -3.27. The molecule has 27 heavy (non-hydrogen) atoms. The van der Waals surface area contributed by atoms with E-state index in [9.17, 15) is 18.8 Å². The van der Waals surface area contributed by atoms with Crippen LogP contribution in [0.25, 0.3) is 15.9 Å². The fraction of sp³-hybridized carbons (Fsp3) is 0.176. The van der Waals surface area contributed by atoms with Gasteiger partial charge in [-0.05, 0) is 44.2 Å². The molecule has 8 nitrogen and oxygen atoms in total. The zero-order valence-electron chi connectivity index (χ0n) is 14.4. The summed E-state index contributed by atoms with van der Waals surface area (Å²) in [5.74, 6) is -1.89. The second-order valence-corrected chi connectivity index (χ2v) is 6.73. The third-order valence-corrected chi connectivity index (χ3v) is 4.81. The molecule has 3 N–H and O–H groups in total. The van der Waals surface area contributed by atoms with Gasteiger partial charge in [0.15, 0.2) is 6.10 Å². The molecule has 0 aliphatic heterocycles. The summed E-state index contributed by atoms with van der Waals surface area (Å²) < 4.78 is 19.8. The van der Waals surface area contributed by atoms with Crippen LogP contribution in [0.3, 0.4) is 0 Å². The Morgan fingerprint density at radius 2 is 1.96 bits per heavy atom. The number of carbonyl (C=O) groups excluding carboxylic acids is 3. The number of imide groups is 1. The first-order chi connectivity index (χ1) is 12.8. The molecule has 1 aromatic carbocycles. The van der Waals surface area contributed by atoms with E-state index in [0.717, 1.165) is 16.7 Å². The van der Waals surface area contributed by atoms with Crippen LogP contribution in [0.4, 0.5) is 9.18 Å². The summed E-state index contributed by atoms with van der Waals surface area (Å²) in [5, 5.41) is 7.00. The number of urea groups is 1. The number of primary amides is 1. The summed E-state index contributed by atoms with van der Waals surface area (Å²) in [6, 6.07) is 6.38. The first-order valence-corrected chi connectivity index (χ1v) is 8.64. The number of nitrogens with two attached hydrogens (primary N) is 1. The molecule has 2 aromatic heterocycles. The molecule has 3 rings (SSSR count). The topological polar surface area (TPSA) is 116 Å². The van der Waals surface area contributed by atoms with Crippen LogP contribution >= 0.6 is 11.3 Å². The van der Waals surface area contributed by atoms with Gasteiger partial charge in [-0.15, -0.1) is 11.3 Å². The second kappa shape index (κ2) is 7.16. The standard InChI is InChI=1S/C17H15FN4O4S/c1-8-12-7-13(16(24)26-9(2)14(23)20-17(19)25)27-15(12)22(21-8)11-5-3-10(18)4-6-11/h3-7,9H,1-2H3,(H3,19,20,23,25). The van der Waals surface area contributed by atoms with Crippen molar-refractivity contribution in [2.45, 2.75) is 20.0 Å². The normalized spacial score (nSPS) is 12.0. The van der Waals surface area contributed by atoms with Gasteiger partial charge in [-0.2, -0.15) is 5.10 Å². The molecular weight excluding hydrogens is 375 g/mol. The number of hydrogen-bond acceptors (Lipinski definition) is 6. The fourth-order valence-corrected chi connectivity index (χ4v) is 3.47. The van der Waals surface area contributed by atoms with Gasteiger partial charge >= 0.3 is 12.0 Å². The Morgan fingerprint density at radius 3 is 2.59 bits per heavy atom. The maximum atomic E-state index is 13.1. The van der Waals surface area contributed by atoms with Gasteiger partial charge in [-0.25, -0.2) is 18.7 Å². The zero-order chi connectivity index (χ0) is 19.7. The summed E-state index contributed by atoms with van der Waals surface area (Å²) in [5.41, 5.74) is 6.19. The van der Waals surface area contributed by atoms with Crippen molar-refractivity contribution in [3.8, 4) is 5.69 Å². The number of carbonyl (C=O) groups is 3. The highest BCUT2D eigenvalue weighted by Crippen LogP contribution is 2.31. The number of ether oxygens (including phenoxy) is 1. The molecule has 0 radical (unpaired) electrons. The van der Waals surface area contributed by atoms with Crippen molar-refractivity contribution in [1.82, 2.24) is 15.1 Å². The lowest BCUT2D eigenvalue weighted by Crippen LogP contribution is -2.42. The van der Waals surface area contributed by atoms with E-state index in [1.807, 2.05) is 5.32 Å². The van der Waals surface area contributed by atoms with Crippen LogP contribution in [0.5, 0.6) is 0 Å². The first-order valence-electron chi connectivity index (χ1n) is 7.82. The minimum absolute atomic E-state index is 0.264. The molecule has 1 unspecified atom stereocenters. The van der Waals surface area contributed by atoms with Gasteiger partial charge in [0.1, 0.15) is 15.5 Å². The Bertz CT molecular complexity index is 1040. The van der Waals surface area contributed by atoms with E-state index >= 15 is 0 Å². The SMILES string of the molecule is Cc1nn(-c2ccc(F)cc2)c2sc(C(=O)OC(C)C(=O)NC(N)=O)cc12. The quantitative estimate of drug-likeness (QED) is 0.663. The van der Waals surface area contributed by atoms with E-state index in [-0.39, 0.29) is 10.7 Å². The molecule has 0 saturated carbocycles. The number of halogens is 1. The number of esters is 1. The van der Waals surface area contributed by atoms with Crippen molar-refractivity contribution in [2.24, 2.45) is 5.73 Å². The number of nitrogens with zero attached hydrogens (tertiary/aromatic N) is 2. The molecule has 3 aromatic rings. The van der Waals surface area contributed by atoms with Gasteiger partial charge in [-0.3, -0.25) is 10.1 Å². The molecule has 2 heterocycles. The van der Waals surface area contributed by atoms with Crippen LogP contribution in [-0.4, -0.2) is 33.8 Å². The molecule has 0 bridgehead atoms. The Morgan fingerprint density at radius 1 is 1.30 bits per heavy atom. The molecule has 0 spiro atoms. The predicted octanol–water partition coefficient (Wildman–Crippen LogP) is 2.27. The molecule has 3 amide bonds. The molecule has 0 aliphatic rings. The van der Waals surface area contributed by atoms with Crippen LogP contribution in [-0.2, 0) is 9.53 Å². The van der Waals surface area contributed by atoms with Crippen LogP contribution in [0.15, 0.2) is 30.3 Å². The number of amides is 3. The van der Waals surface area contributed by atoms with Crippen molar-refractivity contribution in [3.05, 3.63) is 46.7 Å². The lowest BCUT2D eigenvalue weighted by molar-refractivity contribution is -0.127. The summed E-state index contributed by atoms with van der Waals surface area (Å²) in [7, 11) is 0. The Labute approximate surface area is 156 Å². The highest BCUT2D eigenvalue weighted by Gasteiger charge is 2.23. The highest BCUT2D eigenvalue weighted by atomic mass is 32.1. The van der Waals surface area contributed by atoms with Crippen LogP contribution in [0.2, 0.25) is 0 Å². The Balaban J connectivity index is 1.87. The van der Waals surface area contributed by atoms with E-state index in [1.54, 1.807) is 29.8 Å². The number of aromatic nitrogens is 2. The lowest BCUT2D eigenvalue weighted by Gasteiger charge is -2.10. The van der Waals surface area contributed by atoms with E-state index < -0.39 is 24.0 Å². The van der Waals surface area contributed by atoms with Crippen molar-refractivity contribution < 1.29 is 23.5 Å². The van der Waals surface area contributed by atoms with Gasteiger partial charge in [-0.1, -0.05) is 0 Å². The van der Waals surface area contributed by atoms with Gasteiger partial charge < -0.3 is 10.5 Å². The van der Waals surface area contributed by atoms with Crippen LogP contribution < -0.4 is 11.1 Å². The van der Waals surface area contributed by atoms with Crippen LogP contribution in [0.1, 0.15) is 22.3 Å². The zero-order valence-corrected chi connectivity index (χ0v) is 15.2. The van der Waals surface area contributed by atoms with Crippen molar-refractivity contribution >= 4 is 39.5 Å². The fourth-order valence-electron chi connectivity index (χ4n) is 2.40. The number of hydrogen-bond donors (Lipinski definition) is 2. The first kappa shape index (κ1) is 18.5. The van der Waals surface area contributed by atoms with Gasteiger partial charge in [0, 0.05) is 5.39 Å². The van der Waals surface area contributed by atoms with E-state index in [2.05, 4.69) is 5.10 Å². The monoisotopic (exact) mass is 390 g/mol.